The van der Waals surface area contributed by atoms with Gasteiger partial charge in [-0.15, -0.1) is 0 Å². The summed E-state index contributed by atoms with van der Waals surface area (Å²) in [6, 6.07) is 7.20. The molecular weight excluding hydrogens is 362 g/mol. The molecule has 0 amide bonds. The Bertz CT molecular complexity index is 760. The third-order valence-electron chi connectivity index (χ3n) is 5.64. The van der Waals surface area contributed by atoms with Crippen LogP contribution >= 0.6 is 0 Å². The van der Waals surface area contributed by atoms with E-state index in [1.54, 1.807) is 28.6 Å². The molecule has 0 aromatic heterocycles. The van der Waals surface area contributed by atoms with Crippen molar-refractivity contribution in [2.45, 2.75) is 30.2 Å². The minimum Gasteiger partial charge on any atom is -0.306 e. The predicted octanol–water partition coefficient (Wildman–Crippen LogP) is 1.38. The summed E-state index contributed by atoms with van der Waals surface area (Å²) >= 11 is 0. The second kappa shape index (κ2) is 8.65. The van der Waals surface area contributed by atoms with Gasteiger partial charge in [-0.3, -0.25) is 9.69 Å². The fourth-order valence-corrected chi connectivity index (χ4v) is 5.29. The third kappa shape index (κ3) is 4.85. The van der Waals surface area contributed by atoms with E-state index in [2.05, 4.69) is 23.4 Å². The fraction of sp³-hybridized carbons (Fsp3) is 0.550. The van der Waals surface area contributed by atoms with Gasteiger partial charge in [0.05, 0.1) is 4.90 Å². The van der Waals surface area contributed by atoms with Crippen LogP contribution in [0, 0.1) is 0 Å². The van der Waals surface area contributed by atoms with E-state index in [0.29, 0.717) is 24.0 Å². The summed E-state index contributed by atoms with van der Waals surface area (Å²) in [5, 5.41) is 0. The molecule has 2 saturated heterocycles. The van der Waals surface area contributed by atoms with Crippen LogP contribution in [0.5, 0.6) is 0 Å². The van der Waals surface area contributed by atoms with E-state index < -0.39 is 10.0 Å². The summed E-state index contributed by atoms with van der Waals surface area (Å²) in [5.41, 5.74) is 0.797. The van der Waals surface area contributed by atoms with Crippen molar-refractivity contribution in [3.8, 4) is 0 Å². The number of nitrogens with zero attached hydrogens (tertiary/aromatic N) is 3. The molecule has 0 atom stereocenters. The zero-order valence-corrected chi connectivity index (χ0v) is 16.8. The molecule has 3 rings (SSSR count). The molecule has 0 N–H and O–H groups in total. The zero-order chi connectivity index (χ0) is 19.4. The molecule has 0 unspecified atom stereocenters. The lowest BCUT2D eigenvalue weighted by atomic mass is 10.0. The van der Waals surface area contributed by atoms with Crippen LogP contribution in [0.4, 0.5) is 0 Å². The average molecular weight is 392 g/mol. The number of allylic oxidation sites excluding steroid dienone is 1. The van der Waals surface area contributed by atoms with Crippen LogP contribution in [0.3, 0.4) is 0 Å². The van der Waals surface area contributed by atoms with E-state index in [0.717, 1.165) is 44.6 Å². The molecule has 2 aliphatic heterocycles. The summed E-state index contributed by atoms with van der Waals surface area (Å²) < 4.78 is 27.4. The van der Waals surface area contributed by atoms with Crippen molar-refractivity contribution in [1.82, 2.24) is 14.1 Å². The molecule has 0 spiro atoms. The topological polar surface area (TPSA) is 60.9 Å². The smallest absolute Gasteiger partial charge is 0.243 e. The van der Waals surface area contributed by atoms with Crippen molar-refractivity contribution in [3.63, 3.8) is 0 Å². The van der Waals surface area contributed by atoms with Crippen molar-refractivity contribution < 1.29 is 13.2 Å². The molecule has 0 bridgehead atoms. The van der Waals surface area contributed by atoms with Crippen LogP contribution in [-0.2, 0) is 21.2 Å². The molecule has 0 saturated carbocycles. The van der Waals surface area contributed by atoms with E-state index in [9.17, 15) is 13.2 Å². The molecule has 2 heterocycles. The first-order valence-corrected chi connectivity index (χ1v) is 11.0. The van der Waals surface area contributed by atoms with Crippen LogP contribution < -0.4 is 0 Å². The molecular formula is C20H29N3O3S. The van der Waals surface area contributed by atoms with Gasteiger partial charge in [-0.25, -0.2) is 8.42 Å². The molecule has 2 aliphatic rings. The monoisotopic (exact) mass is 391 g/mol. The Labute approximate surface area is 162 Å². The molecule has 2 fully saturated rings. The number of hydrogen-bond acceptors (Lipinski definition) is 5. The maximum atomic E-state index is 12.9. The van der Waals surface area contributed by atoms with Gasteiger partial charge in [-0.05, 0) is 56.8 Å². The number of sulfonamides is 1. The molecule has 6 nitrogen and oxygen atoms in total. The van der Waals surface area contributed by atoms with E-state index in [-0.39, 0.29) is 12.2 Å². The third-order valence-corrected chi connectivity index (χ3v) is 7.56. The Morgan fingerprint density at radius 1 is 1.07 bits per heavy atom. The maximum absolute atomic E-state index is 12.9. The zero-order valence-electron chi connectivity index (χ0n) is 16.0. The fourth-order valence-electron chi connectivity index (χ4n) is 3.87. The number of hydrogen-bond donors (Lipinski definition) is 0. The van der Waals surface area contributed by atoms with Crippen LogP contribution in [-0.4, -0.2) is 80.7 Å². The van der Waals surface area contributed by atoms with Gasteiger partial charge in [-0.2, -0.15) is 4.31 Å². The lowest BCUT2D eigenvalue weighted by molar-refractivity contribution is -0.114. The standard InChI is InChI=1S/C20H29N3O3S/c1-3-19(24)16-17-4-6-20(7-5-17)27(25,26)23-14-12-22(13-15-23)18-8-10-21(2)11-9-18/h3-7,18H,1,8-16H2,2H3. The summed E-state index contributed by atoms with van der Waals surface area (Å²) in [7, 11) is -1.33. The Kier molecular flexibility index (Phi) is 6.47. The molecule has 0 radical (unpaired) electrons. The summed E-state index contributed by atoms with van der Waals surface area (Å²) in [4.78, 5) is 16.5. The largest absolute Gasteiger partial charge is 0.306 e. The van der Waals surface area contributed by atoms with Gasteiger partial charge in [0.15, 0.2) is 5.78 Å². The summed E-state index contributed by atoms with van der Waals surface area (Å²) in [6.45, 7) is 8.34. The van der Waals surface area contributed by atoms with E-state index in [1.165, 1.54) is 6.08 Å². The average Bonchev–Trinajstić information content (AvgIpc) is 2.69. The first-order valence-electron chi connectivity index (χ1n) is 9.57. The number of carbonyl (C=O) groups excluding carboxylic acids is 1. The van der Waals surface area contributed by atoms with Gasteiger partial charge in [0.1, 0.15) is 0 Å². The van der Waals surface area contributed by atoms with E-state index >= 15 is 0 Å². The lowest BCUT2D eigenvalue weighted by Crippen LogP contribution is -2.53. The first-order chi connectivity index (χ1) is 12.9. The Morgan fingerprint density at radius 2 is 1.67 bits per heavy atom. The van der Waals surface area contributed by atoms with Gasteiger partial charge in [0, 0.05) is 38.6 Å². The van der Waals surface area contributed by atoms with Crippen molar-refractivity contribution in [2.75, 3.05) is 46.3 Å². The number of likely N-dealkylation sites (tertiary alicyclic amines) is 1. The van der Waals surface area contributed by atoms with Gasteiger partial charge in [0.25, 0.3) is 0 Å². The highest BCUT2D eigenvalue weighted by Crippen LogP contribution is 2.22. The minimum atomic E-state index is -3.48. The van der Waals surface area contributed by atoms with Crippen LogP contribution in [0.15, 0.2) is 41.8 Å². The number of rotatable bonds is 6. The Morgan fingerprint density at radius 3 is 2.22 bits per heavy atom. The number of benzene rings is 1. The highest BCUT2D eigenvalue weighted by Gasteiger charge is 2.31. The van der Waals surface area contributed by atoms with Gasteiger partial charge < -0.3 is 4.90 Å². The number of piperidine rings is 1. The van der Waals surface area contributed by atoms with Gasteiger partial charge in [0.2, 0.25) is 10.0 Å². The van der Waals surface area contributed by atoms with Gasteiger partial charge in [-0.1, -0.05) is 18.7 Å². The van der Waals surface area contributed by atoms with E-state index in [1.807, 2.05) is 0 Å². The summed E-state index contributed by atoms with van der Waals surface area (Å²) in [5.74, 6) is -0.0735. The molecule has 7 heteroatoms. The van der Waals surface area contributed by atoms with Crippen molar-refractivity contribution >= 4 is 15.8 Å². The highest BCUT2D eigenvalue weighted by molar-refractivity contribution is 7.89. The lowest BCUT2D eigenvalue weighted by Gasteiger charge is -2.41. The Balaban J connectivity index is 1.59. The van der Waals surface area contributed by atoms with Crippen LogP contribution in [0.2, 0.25) is 0 Å². The molecule has 27 heavy (non-hydrogen) atoms. The Hall–Kier alpha value is -1.54. The number of piperazine rings is 1. The first kappa shape index (κ1) is 20.2. The molecule has 0 aliphatic carbocycles. The van der Waals surface area contributed by atoms with Crippen molar-refractivity contribution in [2.24, 2.45) is 0 Å². The number of ketones is 1. The molecule has 1 aromatic carbocycles. The van der Waals surface area contributed by atoms with Crippen LogP contribution in [0.25, 0.3) is 0 Å². The molecule has 148 valence electrons. The van der Waals surface area contributed by atoms with Crippen molar-refractivity contribution in [3.05, 3.63) is 42.5 Å². The van der Waals surface area contributed by atoms with Crippen LogP contribution in [0.1, 0.15) is 18.4 Å². The minimum absolute atomic E-state index is 0.0735. The second-order valence-electron chi connectivity index (χ2n) is 7.47. The second-order valence-corrected chi connectivity index (χ2v) is 9.40. The normalized spacial score (nSPS) is 21.2. The van der Waals surface area contributed by atoms with Crippen molar-refractivity contribution in [1.29, 1.82) is 0 Å². The summed E-state index contributed by atoms with van der Waals surface area (Å²) in [6.07, 6.45) is 3.86. The quantitative estimate of drug-likeness (QED) is 0.686. The predicted molar refractivity (Wildman–Crippen MR) is 106 cm³/mol. The molecule has 1 aromatic rings. The van der Waals surface area contributed by atoms with E-state index in [4.69, 9.17) is 0 Å². The van der Waals surface area contributed by atoms with Gasteiger partial charge >= 0.3 is 0 Å². The number of carbonyl (C=O) groups is 1. The maximum Gasteiger partial charge on any atom is 0.243 e. The SMILES string of the molecule is C=CC(=O)Cc1ccc(S(=O)(=O)N2CCN(C3CCN(C)CC3)CC2)cc1. The highest BCUT2D eigenvalue weighted by atomic mass is 32.2.